The first-order valence-corrected chi connectivity index (χ1v) is 5.29. The minimum absolute atomic E-state index is 0.196. The molecule has 2 rings (SSSR count). The highest BCUT2D eigenvalue weighted by Crippen LogP contribution is 2.20. The predicted octanol–water partition coefficient (Wildman–Crippen LogP) is 1.87. The maximum Gasteiger partial charge on any atom is 0.147 e. The quantitative estimate of drug-likeness (QED) is 0.728. The molecule has 1 aliphatic rings. The molecule has 0 bridgehead atoms. The molecule has 15 heavy (non-hydrogen) atoms. The molecule has 1 aliphatic heterocycles. The Kier molecular flexibility index (Phi) is 3.02. The summed E-state index contributed by atoms with van der Waals surface area (Å²) in [4.78, 5) is 10.3. The number of nitrogens with zero attached hydrogens (tertiary/aromatic N) is 4. The van der Waals surface area contributed by atoms with Gasteiger partial charge in [-0.25, -0.2) is 9.97 Å². The zero-order valence-corrected chi connectivity index (χ0v) is 8.98. The van der Waals surface area contributed by atoms with E-state index in [-0.39, 0.29) is 5.92 Å². The van der Waals surface area contributed by atoms with Crippen LogP contribution < -0.4 is 4.90 Å². The molecule has 0 amide bonds. The number of anilines is 1. The van der Waals surface area contributed by atoms with Crippen molar-refractivity contribution in [3.8, 4) is 6.07 Å². The second kappa shape index (κ2) is 4.45. The molecule has 5 heteroatoms. The first kappa shape index (κ1) is 10.2. The largest absolute Gasteiger partial charge is 0.355 e. The first-order chi connectivity index (χ1) is 7.29. The van der Waals surface area contributed by atoms with Gasteiger partial charge < -0.3 is 4.90 Å². The molecule has 1 aromatic rings. The van der Waals surface area contributed by atoms with Crippen molar-refractivity contribution in [2.24, 2.45) is 5.92 Å². The van der Waals surface area contributed by atoms with E-state index >= 15 is 0 Å². The second-order valence-corrected chi connectivity index (χ2v) is 3.97. The Hall–Kier alpha value is -1.34. The van der Waals surface area contributed by atoms with Crippen molar-refractivity contribution in [2.75, 3.05) is 18.0 Å². The molecule has 0 saturated carbocycles. The number of hydrogen-bond donors (Lipinski definition) is 0. The SMILES string of the molecule is N#CC1CCN(c2cnc(Cl)cn2)CC1. The van der Waals surface area contributed by atoms with Gasteiger partial charge in [0.15, 0.2) is 0 Å². The summed E-state index contributed by atoms with van der Waals surface area (Å²) in [5.41, 5.74) is 0. The fourth-order valence-electron chi connectivity index (χ4n) is 1.71. The zero-order chi connectivity index (χ0) is 10.7. The number of halogens is 1. The summed E-state index contributed by atoms with van der Waals surface area (Å²) < 4.78 is 0. The van der Waals surface area contributed by atoms with Crippen LogP contribution >= 0.6 is 11.6 Å². The fourth-order valence-corrected chi connectivity index (χ4v) is 1.80. The molecule has 0 aliphatic carbocycles. The van der Waals surface area contributed by atoms with Crippen molar-refractivity contribution in [3.05, 3.63) is 17.5 Å². The number of hydrogen-bond acceptors (Lipinski definition) is 4. The van der Waals surface area contributed by atoms with Crippen LogP contribution in [0, 0.1) is 17.2 Å². The van der Waals surface area contributed by atoms with Gasteiger partial charge in [0.05, 0.1) is 18.5 Å². The standard InChI is InChI=1S/C10H11ClN4/c11-9-6-14-10(7-13-9)15-3-1-8(5-12)2-4-15/h6-8H,1-4H2. The van der Waals surface area contributed by atoms with E-state index in [2.05, 4.69) is 20.9 Å². The van der Waals surface area contributed by atoms with Crippen LogP contribution in [0.5, 0.6) is 0 Å². The van der Waals surface area contributed by atoms with Gasteiger partial charge in [0.2, 0.25) is 0 Å². The van der Waals surface area contributed by atoms with Gasteiger partial charge in [-0.05, 0) is 12.8 Å². The van der Waals surface area contributed by atoms with Gasteiger partial charge >= 0.3 is 0 Å². The minimum atomic E-state index is 0.196. The van der Waals surface area contributed by atoms with Crippen molar-refractivity contribution in [3.63, 3.8) is 0 Å². The first-order valence-electron chi connectivity index (χ1n) is 4.91. The molecule has 1 fully saturated rings. The summed E-state index contributed by atoms with van der Waals surface area (Å²) in [7, 11) is 0. The molecular formula is C10H11ClN4. The third kappa shape index (κ3) is 2.37. The molecule has 0 spiro atoms. The van der Waals surface area contributed by atoms with Gasteiger partial charge in [-0.2, -0.15) is 5.26 Å². The van der Waals surface area contributed by atoms with Crippen LogP contribution in [-0.4, -0.2) is 23.1 Å². The van der Waals surface area contributed by atoms with E-state index in [0.717, 1.165) is 31.7 Å². The van der Waals surface area contributed by atoms with Crippen molar-refractivity contribution < 1.29 is 0 Å². The smallest absolute Gasteiger partial charge is 0.147 e. The molecule has 0 aromatic carbocycles. The van der Waals surface area contributed by atoms with E-state index in [1.807, 2.05) is 0 Å². The Morgan fingerprint density at radius 3 is 2.60 bits per heavy atom. The van der Waals surface area contributed by atoms with Crippen LogP contribution in [0.3, 0.4) is 0 Å². The molecule has 0 radical (unpaired) electrons. The second-order valence-electron chi connectivity index (χ2n) is 3.59. The molecule has 0 unspecified atom stereocenters. The Morgan fingerprint density at radius 2 is 2.07 bits per heavy atom. The van der Waals surface area contributed by atoms with E-state index in [9.17, 15) is 0 Å². The molecule has 4 nitrogen and oxygen atoms in total. The highest BCUT2D eigenvalue weighted by Gasteiger charge is 2.19. The molecule has 2 heterocycles. The Bertz CT molecular complexity index is 362. The zero-order valence-electron chi connectivity index (χ0n) is 8.23. The van der Waals surface area contributed by atoms with Crippen molar-refractivity contribution in [1.29, 1.82) is 5.26 Å². The number of nitriles is 1. The van der Waals surface area contributed by atoms with Crippen molar-refractivity contribution >= 4 is 17.4 Å². The number of piperidine rings is 1. The van der Waals surface area contributed by atoms with E-state index in [4.69, 9.17) is 16.9 Å². The average Bonchev–Trinajstić information content (AvgIpc) is 2.30. The molecule has 1 saturated heterocycles. The average molecular weight is 223 g/mol. The lowest BCUT2D eigenvalue weighted by Gasteiger charge is -2.29. The van der Waals surface area contributed by atoms with Gasteiger partial charge in [-0.1, -0.05) is 11.6 Å². The summed E-state index contributed by atoms with van der Waals surface area (Å²) in [6.07, 6.45) is 5.03. The summed E-state index contributed by atoms with van der Waals surface area (Å²) in [6.45, 7) is 1.74. The van der Waals surface area contributed by atoms with E-state index in [1.54, 1.807) is 12.4 Å². The third-order valence-electron chi connectivity index (χ3n) is 2.61. The monoisotopic (exact) mass is 222 g/mol. The molecule has 0 atom stereocenters. The van der Waals surface area contributed by atoms with Crippen LogP contribution in [-0.2, 0) is 0 Å². The molecular weight excluding hydrogens is 212 g/mol. The van der Waals surface area contributed by atoms with Crippen LogP contribution in [0.15, 0.2) is 12.4 Å². The molecule has 0 N–H and O–H groups in total. The summed E-state index contributed by atoms with van der Waals surface area (Å²) in [5, 5.41) is 9.18. The van der Waals surface area contributed by atoms with Crippen molar-refractivity contribution in [2.45, 2.75) is 12.8 Å². The highest BCUT2D eigenvalue weighted by atomic mass is 35.5. The fraction of sp³-hybridized carbons (Fsp3) is 0.500. The van der Waals surface area contributed by atoms with E-state index < -0.39 is 0 Å². The van der Waals surface area contributed by atoms with Gasteiger partial charge in [-0.15, -0.1) is 0 Å². The Labute approximate surface area is 93.5 Å². The lowest BCUT2D eigenvalue weighted by Crippen LogP contribution is -2.33. The van der Waals surface area contributed by atoms with Crippen LogP contribution in [0.4, 0.5) is 5.82 Å². The van der Waals surface area contributed by atoms with Gasteiger partial charge in [-0.3, -0.25) is 0 Å². The maximum atomic E-state index is 8.77. The molecule has 1 aromatic heterocycles. The lowest BCUT2D eigenvalue weighted by molar-refractivity contribution is 0.485. The van der Waals surface area contributed by atoms with E-state index in [0.29, 0.717) is 5.15 Å². The molecule has 78 valence electrons. The van der Waals surface area contributed by atoms with Gasteiger partial charge in [0.25, 0.3) is 0 Å². The summed E-state index contributed by atoms with van der Waals surface area (Å²) in [6, 6.07) is 2.30. The normalized spacial score (nSPS) is 17.5. The lowest BCUT2D eigenvalue weighted by atomic mass is 9.99. The van der Waals surface area contributed by atoms with Gasteiger partial charge in [0.1, 0.15) is 11.0 Å². The van der Waals surface area contributed by atoms with Gasteiger partial charge in [0, 0.05) is 19.0 Å². The Morgan fingerprint density at radius 1 is 1.33 bits per heavy atom. The Balaban J connectivity index is 2.02. The number of rotatable bonds is 1. The maximum absolute atomic E-state index is 8.77. The van der Waals surface area contributed by atoms with Crippen LogP contribution in [0.1, 0.15) is 12.8 Å². The third-order valence-corrected chi connectivity index (χ3v) is 2.80. The predicted molar refractivity (Wildman–Crippen MR) is 57.6 cm³/mol. The van der Waals surface area contributed by atoms with Crippen LogP contribution in [0.25, 0.3) is 0 Å². The minimum Gasteiger partial charge on any atom is -0.355 e. The summed E-state index contributed by atoms with van der Waals surface area (Å²) >= 11 is 5.66. The van der Waals surface area contributed by atoms with E-state index in [1.165, 1.54) is 0 Å². The summed E-state index contributed by atoms with van der Waals surface area (Å²) in [5.74, 6) is 1.04. The number of aromatic nitrogens is 2. The van der Waals surface area contributed by atoms with Crippen molar-refractivity contribution in [1.82, 2.24) is 9.97 Å². The highest BCUT2D eigenvalue weighted by molar-refractivity contribution is 6.29. The van der Waals surface area contributed by atoms with Crippen LogP contribution in [0.2, 0.25) is 5.15 Å². The topological polar surface area (TPSA) is 52.8 Å².